The van der Waals surface area contributed by atoms with E-state index in [1.54, 1.807) is 7.05 Å². The SMILES string of the molecule is CN=C(NCC1(C)COC1)N1CCN(Cc2ccc(Cl)cc2)C(=O)C1.I. The van der Waals surface area contributed by atoms with Crippen molar-refractivity contribution in [2.24, 2.45) is 10.4 Å². The molecule has 0 bridgehead atoms. The normalized spacial score (nSPS) is 19.7. The van der Waals surface area contributed by atoms with Crippen LogP contribution in [-0.4, -0.2) is 68.1 Å². The topological polar surface area (TPSA) is 57.2 Å². The van der Waals surface area contributed by atoms with Gasteiger partial charge >= 0.3 is 0 Å². The Bertz CT molecular complexity index is 649. The third-order valence-corrected chi connectivity index (χ3v) is 4.94. The Morgan fingerprint density at radius 3 is 2.54 bits per heavy atom. The molecule has 1 N–H and O–H groups in total. The van der Waals surface area contributed by atoms with Gasteiger partial charge in [0.15, 0.2) is 5.96 Å². The Morgan fingerprint density at radius 2 is 2.00 bits per heavy atom. The first-order chi connectivity index (χ1) is 12.0. The molecule has 2 fully saturated rings. The number of aliphatic imine (C=N–C) groups is 1. The average Bonchev–Trinajstić information content (AvgIpc) is 2.58. The molecule has 1 aromatic rings. The number of rotatable bonds is 4. The van der Waals surface area contributed by atoms with Crippen molar-refractivity contribution in [3.63, 3.8) is 0 Å². The largest absolute Gasteiger partial charge is 0.380 e. The van der Waals surface area contributed by atoms with Crippen LogP contribution in [0.15, 0.2) is 29.3 Å². The molecule has 2 saturated heterocycles. The van der Waals surface area contributed by atoms with E-state index in [-0.39, 0.29) is 35.3 Å². The second kappa shape index (κ2) is 9.23. The highest BCUT2D eigenvalue weighted by Gasteiger charge is 2.34. The molecule has 2 aliphatic rings. The number of halogens is 2. The lowest BCUT2D eigenvalue weighted by atomic mass is 9.89. The molecule has 1 amide bonds. The zero-order valence-corrected chi connectivity index (χ0v) is 18.3. The van der Waals surface area contributed by atoms with Gasteiger partial charge in [-0.2, -0.15) is 0 Å². The van der Waals surface area contributed by atoms with Crippen molar-refractivity contribution in [3.8, 4) is 0 Å². The number of amides is 1. The molecular formula is C18H26ClIN4O2. The van der Waals surface area contributed by atoms with Gasteiger partial charge < -0.3 is 19.9 Å². The minimum Gasteiger partial charge on any atom is -0.380 e. The molecule has 0 unspecified atom stereocenters. The zero-order chi connectivity index (χ0) is 17.9. The fourth-order valence-corrected chi connectivity index (χ4v) is 3.17. The molecule has 2 aliphatic heterocycles. The molecule has 26 heavy (non-hydrogen) atoms. The first-order valence-corrected chi connectivity index (χ1v) is 8.92. The Labute approximate surface area is 176 Å². The Hall–Kier alpha value is -1.06. The maximum atomic E-state index is 12.5. The second-order valence-corrected chi connectivity index (χ2v) is 7.50. The van der Waals surface area contributed by atoms with E-state index in [1.807, 2.05) is 34.1 Å². The summed E-state index contributed by atoms with van der Waals surface area (Å²) in [6.45, 7) is 6.95. The van der Waals surface area contributed by atoms with Crippen LogP contribution < -0.4 is 5.32 Å². The Kier molecular flexibility index (Phi) is 7.54. The van der Waals surface area contributed by atoms with E-state index < -0.39 is 0 Å². The van der Waals surface area contributed by atoms with Crippen LogP contribution in [0.2, 0.25) is 5.02 Å². The van der Waals surface area contributed by atoms with Gasteiger partial charge in [0.05, 0.1) is 19.8 Å². The number of hydrogen-bond acceptors (Lipinski definition) is 3. The van der Waals surface area contributed by atoms with Gasteiger partial charge in [-0.25, -0.2) is 0 Å². The number of nitrogens with one attached hydrogen (secondary N) is 1. The van der Waals surface area contributed by atoms with Crippen LogP contribution >= 0.6 is 35.6 Å². The number of guanidine groups is 1. The van der Waals surface area contributed by atoms with E-state index >= 15 is 0 Å². The Balaban J connectivity index is 0.00000243. The summed E-state index contributed by atoms with van der Waals surface area (Å²) in [4.78, 5) is 20.8. The number of hydrogen-bond donors (Lipinski definition) is 1. The van der Waals surface area contributed by atoms with Gasteiger partial charge in [0.1, 0.15) is 0 Å². The molecular weight excluding hydrogens is 467 g/mol. The van der Waals surface area contributed by atoms with Gasteiger partial charge in [0.2, 0.25) is 5.91 Å². The third-order valence-electron chi connectivity index (χ3n) is 4.69. The molecule has 1 aromatic carbocycles. The van der Waals surface area contributed by atoms with Crippen LogP contribution in [0.3, 0.4) is 0 Å². The summed E-state index contributed by atoms with van der Waals surface area (Å²) in [6.07, 6.45) is 0. The number of carbonyl (C=O) groups excluding carboxylic acids is 1. The summed E-state index contributed by atoms with van der Waals surface area (Å²) in [5, 5.41) is 4.09. The van der Waals surface area contributed by atoms with Crippen molar-refractivity contribution in [3.05, 3.63) is 34.9 Å². The highest BCUT2D eigenvalue weighted by molar-refractivity contribution is 14.0. The monoisotopic (exact) mass is 492 g/mol. The summed E-state index contributed by atoms with van der Waals surface area (Å²) in [6, 6.07) is 7.63. The van der Waals surface area contributed by atoms with Gasteiger partial charge in [0.25, 0.3) is 0 Å². The van der Waals surface area contributed by atoms with Gasteiger partial charge in [0, 0.05) is 43.7 Å². The smallest absolute Gasteiger partial charge is 0.242 e. The minimum absolute atomic E-state index is 0. The molecule has 2 heterocycles. The zero-order valence-electron chi connectivity index (χ0n) is 15.2. The van der Waals surface area contributed by atoms with Crippen LogP contribution in [-0.2, 0) is 16.1 Å². The van der Waals surface area contributed by atoms with Crippen molar-refractivity contribution >= 4 is 47.4 Å². The second-order valence-electron chi connectivity index (χ2n) is 7.07. The lowest BCUT2D eigenvalue weighted by Gasteiger charge is -2.40. The first-order valence-electron chi connectivity index (χ1n) is 8.55. The molecule has 0 aromatic heterocycles. The number of benzene rings is 1. The standard InChI is InChI=1S/C18H25ClN4O2.HI/c1-18(12-25-13-18)11-21-17(20-2)23-8-7-22(16(24)10-23)9-14-3-5-15(19)6-4-14;/h3-6H,7-13H2,1-2H3,(H,20,21);1H. The summed E-state index contributed by atoms with van der Waals surface area (Å²) in [7, 11) is 1.76. The molecule has 0 saturated carbocycles. The highest BCUT2D eigenvalue weighted by Crippen LogP contribution is 2.25. The highest BCUT2D eigenvalue weighted by atomic mass is 127. The fourth-order valence-electron chi connectivity index (χ4n) is 3.04. The van der Waals surface area contributed by atoms with Gasteiger partial charge in [-0.3, -0.25) is 9.79 Å². The van der Waals surface area contributed by atoms with Crippen LogP contribution in [0.25, 0.3) is 0 Å². The fraction of sp³-hybridized carbons (Fsp3) is 0.556. The van der Waals surface area contributed by atoms with E-state index in [2.05, 4.69) is 17.2 Å². The summed E-state index contributed by atoms with van der Waals surface area (Å²) >= 11 is 5.91. The molecule has 0 atom stereocenters. The Morgan fingerprint density at radius 1 is 1.31 bits per heavy atom. The molecule has 144 valence electrons. The maximum Gasteiger partial charge on any atom is 0.242 e. The molecule has 8 heteroatoms. The molecule has 3 rings (SSSR count). The number of carbonyl (C=O) groups is 1. The van der Waals surface area contributed by atoms with Crippen molar-refractivity contribution in [2.75, 3.05) is 46.4 Å². The summed E-state index contributed by atoms with van der Waals surface area (Å²) in [5.41, 5.74) is 1.25. The molecule has 0 spiro atoms. The van der Waals surface area contributed by atoms with Gasteiger partial charge in [-0.05, 0) is 17.7 Å². The first kappa shape index (κ1) is 21.2. The number of nitrogens with zero attached hydrogens (tertiary/aromatic N) is 3. The summed E-state index contributed by atoms with van der Waals surface area (Å²) < 4.78 is 5.28. The lowest BCUT2D eigenvalue weighted by molar-refractivity contribution is -0.135. The van der Waals surface area contributed by atoms with Crippen LogP contribution in [0.4, 0.5) is 0 Å². The van der Waals surface area contributed by atoms with E-state index in [0.717, 1.165) is 37.8 Å². The predicted octanol–water partition coefficient (Wildman–Crippen LogP) is 2.21. The quantitative estimate of drug-likeness (QED) is 0.398. The van der Waals surface area contributed by atoms with Crippen LogP contribution in [0, 0.1) is 5.41 Å². The van der Waals surface area contributed by atoms with Crippen molar-refractivity contribution in [2.45, 2.75) is 13.5 Å². The molecule has 0 radical (unpaired) electrons. The number of piperazine rings is 1. The van der Waals surface area contributed by atoms with Crippen molar-refractivity contribution < 1.29 is 9.53 Å². The third kappa shape index (κ3) is 5.23. The average molecular weight is 493 g/mol. The van der Waals surface area contributed by atoms with E-state index in [1.165, 1.54) is 0 Å². The van der Waals surface area contributed by atoms with E-state index in [9.17, 15) is 4.79 Å². The van der Waals surface area contributed by atoms with Crippen LogP contribution in [0.1, 0.15) is 12.5 Å². The van der Waals surface area contributed by atoms with Crippen molar-refractivity contribution in [1.29, 1.82) is 0 Å². The van der Waals surface area contributed by atoms with Crippen LogP contribution in [0.5, 0.6) is 0 Å². The minimum atomic E-state index is 0. The van der Waals surface area contributed by atoms with Crippen molar-refractivity contribution in [1.82, 2.24) is 15.1 Å². The summed E-state index contributed by atoms with van der Waals surface area (Å²) in [5.74, 6) is 0.898. The number of ether oxygens (including phenoxy) is 1. The van der Waals surface area contributed by atoms with Gasteiger partial charge in [-0.1, -0.05) is 30.7 Å². The lowest BCUT2D eigenvalue weighted by Crippen LogP contribution is -2.57. The molecule has 6 nitrogen and oxygen atoms in total. The maximum absolute atomic E-state index is 12.5. The van der Waals surface area contributed by atoms with E-state index in [0.29, 0.717) is 24.7 Å². The molecule has 0 aliphatic carbocycles. The predicted molar refractivity (Wildman–Crippen MR) is 114 cm³/mol. The van der Waals surface area contributed by atoms with Gasteiger partial charge in [-0.15, -0.1) is 24.0 Å². The van der Waals surface area contributed by atoms with E-state index in [4.69, 9.17) is 16.3 Å².